The van der Waals surface area contributed by atoms with Crippen LogP contribution in [0.3, 0.4) is 0 Å². The smallest absolute Gasteiger partial charge is 0.254 e. The minimum Gasteiger partial charge on any atom is -0.372 e. The molecule has 0 bridgehead atoms. The number of morpholine rings is 1. The summed E-state index contributed by atoms with van der Waals surface area (Å²) in [7, 11) is 0. The van der Waals surface area contributed by atoms with E-state index in [2.05, 4.69) is 15.9 Å². The van der Waals surface area contributed by atoms with Crippen LogP contribution in [0.2, 0.25) is 0 Å². The maximum absolute atomic E-state index is 12.3. The maximum Gasteiger partial charge on any atom is 0.254 e. The van der Waals surface area contributed by atoms with Gasteiger partial charge in [-0.1, -0.05) is 22.0 Å². The van der Waals surface area contributed by atoms with Crippen LogP contribution in [0, 0.1) is 0 Å². The Hall–Kier alpha value is -0.870. The molecule has 3 nitrogen and oxygen atoms in total. The van der Waals surface area contributed by atoms with Crippen molar-refractivity contribution in [2.75, 3.05) is 13.1 Å². The van der Waals surface area contributed by atoms with Gasteiger partial charge in [-0.05, 0) is 32.0 Å². The van der Waals surface area contributed by atoms with Gasteiger partial charge in [0.2, 0.25) is 0 Å². The summed E-state index contributed by atoms with van der Waals surface area (Å²) in [4.78, 5) is 14.2. The number of hydrogen-bond acceptors (Lipinski definition) is 2. The van der Waals surface area contributed by atoms with Gasteiger partial charge in [0.1, 0.15) is 0 Å². The molecule has 1 amide bonds. The lowest BCUT2D eigenvalue weighted by atomic mass is 10.1. The molecule has 4 heteroatoms. The van der Waals surface area contributed by atoms with Crippen molar-refractivity contribution in [2.24, 2.45) is 0 Å². The third kappa shape index (κ3) is 3.07. The minimum absolute atomic E-state index is 0.0771. The number of hydrogen-bond donors (Lipinski definition) is 0. The Morgan fingerprint density at radius 3 is 2.59 bits per heavy atom. The van der Waals surface area contributed by atoms with Crippen molar-refractivity contribution < 1.29 is 9.53 Å². The molecule has 1 aliphatic heterocycles. The van der Waals surface area contributed by atoms with Crippen molar-refractivity contribution in [3.63, 3.8) is 0 Å². The lowest BCUT2D eigenvalue weighted by Crippen LogP contribution is -2.48. The largest absolute Gasteiger partial charge is 0.372 e. The Balaban J connectivity index is 2.14. The van der Waals surface area contributed by atoms with Crippen LogP contribution in [0.5, 0.6) is 0 Å². The van der Waals surface area contributed by atoms with Crippen molar-refractivity contribution in [1.82, 2.24) is 4.90 Å². The van der Waals surface area contributed by atoms with Gasteiger partial charge >= 0.3 is 0 Å². The summed E-state index contributed by atoms with van der Waals surface area (Å²) in [5.74, 6) is 0.0771. The van der Waals surface area contributed by atoms with E-state index in [-0.39, 0.29) is 18.1 Å². The first-order valence-electron chi connectivity index (χ1n) is 5.76. The lowest BCUT2D eigenvalue weighted by Gasteiger charge is -2.35. The maximum atomic E-state index is 12.3. The lowest BCUT2D eigenvalue weighted by molar-refractivity contribution is -0.0586. The zero-order valence-corrected chi connectivity index (χ0v) is 11.6. The molecular weight excluding hydrogens is 282 g/mol. The number of amides is 1. The topological polar surface area (TPSA) is 29.5 Å². The Morgan fingerprint density at radius 1 is 1.35 bits per heavy atom. The molecule has 1 aliphatic rings. The molecule has 0 aliphatic carbocycles. The van der Waals surface area contributed by atoms with E-state index in [0.29, 0.717) is 13.1 Å². The van der Waals surface area contributed by atoms with Gasteiger partial charge in [-0.3, -0.25) is 4.79 Å². The second-order valence-electron chi connectivity index (χ2n) is 4.48. The van der Waals surface area contributed by atoms with E-state index in [1.807, 2.05) is 43.0 Å². The summed E-state index contributed by atoms with van der Waals surface area (Å²) >= 11 is 3.38. The van der Waals surface area contributed by atoms with Crippen LogP contribution in [0.25, 0.3) is 0 Å². The Labute approximate surface area is 110 Å². The quantitative estimate of drug-likeness (QED) is 0.798. The molecule has 2 rings (SSSR count). The molecule has 0 spiro atoms. The van der Waals surface area contributed by atoms with Gasteiger partial charge in [0, 0.05) is 23.1 Å². The van der Waals surface area contributed by atoms with Gasteiger partial charge in [0.25, 0.3) is 5.91 Å². The van der Waals surface area contributed by atoms with Gasteiger partial charge in [0.05, 0.1) is 12.2 Å². The van der Waals surface area contributed by atoms with Gasteiger partial charge in [-0.15, -0.1) is 0 Å². The molecular formula is C13H16BrNO2. The molecule has 1 fully saturated rings. The van der Waals surface area contributed by atoms with Crippen LogP contribution in [-0.4, -0.2) is 36.1 Å². The standard InChI is InChI=1S/C13H16BrNO2/c1-9-7-15(8-10(2)17-9)13(16)11-4-3-5-12(14)6-11/h3-6,9-10H,7-8H2,1-2H3/t9-,10-/m1/s1. The molecule has 1 aromatic rings. The summed E-state index contributed by atoms with van der Waals surface area (Å²) in [6.07, 6.45) is 0.213. The first-order valence-corrected chi connectivity index (χ1v) is 6.56. The van der Waals surface area contributed by atoms with E-state index in [0.717, 1.165) is 10.0 Å². The molecule has 0 saturated carbocycles. The molecule has 1 saturated heterocycles. The highest BCUT2D eigenvalue weighted by Gasteiger charge is 2.26. The average Bonchev–Trinajstić information content (AvgIpc) is 2.26. The minimum atomic E-state index is 0.0771. The highest BCUT2D eigenvalue weighted by molar-refractivity contribution is 9.10. The van der Waals surface area contributed by atoms with Crippen molar-refractivity contribution >= 4 is 21.8 Å². The monoisotopic (exact) mass is 297 g/mol. The van der Waals surface area contributed by atoms with Crippen molar-refractivity contribution in [3.05, 3.63) is 34.3 Å². The third-order valence-corrected chi connectivity index (χ3v) is 3.27. The van der Waals surface area contributed by atoms with E-state index in [1.54, 1.807) is 0 Å². The highest BCUT2D eigenvalue weighted by Crippen LogP contribution is 2.17. The van der Waals surface area contributed by atoms with Gasteiger partial charge in [0.15, 0.2) is 0 Å². The van der Waals surface area contributed by atoms with Gasteiger partial charge in [-0.2, -0.15) is 0 Å². The van der Waals surface area contributed by atoms with Gasteiger partial charge < -0.3 is 9.64 Å². The summed E-state index contributed by atoms with van der Waals surface area (Å²) in [6, 6.07) is 7.50. The zero-order valence-electron chi connectivity index (χ0n) is 10.0. The van der Waals surface area contributed by atoms with Gasteiger partial charge in [-0.25, -0.2) is 0 Å². The Kier molecular flexibility index (Phi) is 3.84. The highest BCUT2D eigenvalue weighted by atomic mass is 79.9. The number of rotatable bonds is 1. The number of nitrogens with zero attached hydrogens (tertiary/aromatic N) is 1. The molecule has 0 radical (unpaired) electrons. The number of benzene rings is 1. The number of halogens is 1. The van der Waals surface area contributed by atoms with Crippen molar-refractivity contribution in [2.45, 2.75) is 26.1 Å². The van der Waals surface area contributed by atoms with E-state index >= 15 is 0 Å². The van der Waals surface area contributed by atoms with Crippen molar-refractivity contribution in [3.8, 4) is 0 Å². The molecule has 0 aromatic heterocycles. The second kappa shape index (κ2) is 5.19. The van der Waals surface area contributed by atoms with Crippen LogP contribution in [0.1, 0.15) is 24.2 Å². The fraction of sp³-hybridized carbons (Fsp3) is 0.462. The molecule has 0 N–H and O–H groups in total. The predicted octanol–water partition coefficient (Wildman–Crippen LogP) is 2.70. The predicted molar refractivity (Wildman–Crippen MR) is 70.1 cm³/mol. The Bertz CT molecular complexity index is 412. The van der Waals surface area contributed by atoms with E-state index < -0.39 is 0 Å². The summed E-state index contributed by atoms with van der Waals surface area (Å²) in [6.45, 7) is 5.32. The SMILES string of the molecule is C[C@@H]1CN(C(=O)c2cccc(Br)c2)C[C@@H](C)O1. The van der Waals surface area contributed by atoms with Crippen LogP contribution in [-0.2, 0) is 4.74 Å². The second-order valence-corrected chi connectivity index (χ2v) is 5.39. The molecule has 2 atom stereocenters. The fourth-order valence-electron chi connectivity index (χ4n) is 2.15. The van der Waals surface area contributed by atoms with E-state index in [1.165, 1.54) is 0 Å². The van der Waals surface area contributed by atoms with E-state index in [4.69, 9.17) is 4.74 Å². The molecule has 1 heterocycles. The molecule has 1 aromatic carbocycles. The van der Waals surface area contributed by atoms with Crippen molar-refractivity contribution in [1.29, 1.82) is 0 Å². The normalized spacial score (nSPS) is 24.8. The van der Waals surface area contributed by atoms with Crippen LogP contribution in [0.4, 0.5) is 0 Å². The Morgan fingerprint density at radius 2 is 2.00 bits per heavy atom. The van der Waals surface area contributed by atoms with Crippen LogP contribution < -0.4 is 0 Å². The summed E-state index contributed by atoms with van der Waals surface area (Å²) in [5, 5.41) is 0. The van der Waals surface area contributed by atoms with E-state index in [9.17, 15) is 4.79 Å². The zero-order chi connectivity index (χ0) is 12.4. The number of ether oxygens (including phenoxy) is 1. The fourth-order valence-corrected chi connectivity index (χ4v) is 2.55. The first-order chi connectivity index (χ1) is 8.06. The molecule has 92 valence electrons. The first kappa shape index (κ1) is 12.6. The average molecular weight is 298 g/mol. The summed E-state index contributed by atoms with van der Waals surface area (Å²) < 4.78 is 6.55. The van der Waals surface area contributed by atoms with Crippen LogP contribution >= 0.6 is 15.9 Å². The summed E-state index contributed by atoms with van der Waals surface area (Å²) in [5.41, 5.74) is 0.723. The molecule has 0 unspecified atom stereocenters. The number of carbonyl (C=O) groups excluding carboxylic acids is 1. The third-order valence-electron chi connectivity index (χ3n) is 2.78. The number of carbonyl (C=O) groups is 1. The van der Waals surface area contributed by atoms with Crippen LogP contribution in [0.15, 0.2) is 28.7 Å². The molecule has 17 heavy (non-hydrogen) atoms.